The number of rotatable bonds is 1. The van der Waals surface area contributed by atoms with Crippen LogP contribution in [-0.4, -0.2) is 13.1 Å². The van der Waals surface area contributed by atoms with Crippen molar-refractivity contribution in [3.63, 3.8) is 0 Å². The summed E-state index contributed by atoms with van der Waals surface area (Å²) in [4.78, 5) is 0. The molecule has 1 aliphatic heterocycles. The zero-order valence-corrected chi connectivity index (χ0v) is 5.71. The fraction of sp³-hybridized carbons (Fsp3) is 0.667. The smallest absolute Gasteiger partial charge is 0.00145 e. The maximum Gasteiger partial charge on any atom is 0.00145 e. The van der Waals surface area contributed by atoms with Crippen LogP contribution in [0.1, 0.15) is 6.42 Å². The normalized spacial score (nSPS) is 26.8. The van der Waals surface area contributed by atoms with Gasteiger partial charge in [0.05, 0.1) is 0 Å². The Labute approximate surface area is 56.6 Å². The molecule has 1 nitrogen and oxygen atoms in total. The SMILES string of the molecule is C=C[C@H]1CCNC1.Cl. The highest BCUT2D eigenvalue weighted by Gasteiger charge is 2.08. The van der Waals surface area contributed by atoms with Crippen molar-refractivity contribution in [2.24, 2.45) is 5.92 Å². The minimum atomic E-state index is 0. The van der Waals surface area contributed by atoms with Crippen molar-refractivity contribution in [2.75, 3.05) is 13.1 Å². The van der Waals surface area contributed by atoms with Gasteiger partial charge in [-0.05, 0) is 18.9 Å². The van der Waals surface area contributed by atoms with E-state index in [1.54, 1.807) is 0 Å². The molecule has 0 saturated carbocycles. The number of hydrogen-bond donors (Lipinski definition) is 1. The topological polar surface area (TPSA) is 12.0 Å². The van der Waals surface area contributed by atoms with Gasteiger partial charge in [-0.25, -0.2) is 0 Å². The second-order valence-electron chi connectivity index (χ2n) is 1.99. The molecule has 1 saturated heterocycles. The molecule has 1 aliphatic rings. The zero-order chi connectivity index (χ0) is 5.11. The van der Waals surface area contributed by atoms with Crippen LogP contribution in [0.5, 0.6) is 0 Å². The van der Waals surface area contributed by atoms with Gasteiger partial charge in [-0.15, -0.1) is 19.0 Å². The van der Waals surface area contributed by atoms with Crippen LogP contribution >= 0.6 is 12.4 Å². The molecule has 0 spiro atoms. The van der Waals surface area contributed by atoms with Gasteiger partial charge in [0.15, 0.2) is 0 Å². The largest absolute Gasteiger partial charge is 0.316 e. The molecule has 1 fully saturated rings. The average Bonchev–Trinajstić information content (AvgIpc) is 2.14. The van der Waals surface area contributed by atoms with E-state index in [0.717, 1.165) is 12.5 Å². The molecule has 0 aromatic heterocycles. The van der Waals surface area contributed by atoms with E-state index in [1.165, 1.54) is 13.0 Å². The van der Waals surface area contributed by atoms with Crippen LogP contribution < -0.4 is 5.32 Å². The van der Waals surface area contributed by atoms with Crippen LogP contribution in [0.2, 0.25) is 0 Å². The van der Waals surface area contributed by atoms with Crippen molar-refractivity contribution < 1.29 is 0 Å². The molecule has 0 amide bonds. The minimum absolute atomic E-state index is 0. The Morgan fingerprint density at radius 2 is 2.38 bits per heavy atom. The van der Waals surface area contributed by atoms with Crippen LogP contribution in [-0.2, 0) is 0 Å². The van der Waals surface area contributed by atoms with Gasteiger partial charge in [0.1, 0.15) is 0 Å². The molecule has 2 heteroatoms. The molecule has 0 aliphatic carbocycles. The van der Waals surface area contributed by atoms with E-state index in [1.807, 2.05) is 6.08 Å². The second-order valence-corrected chi connectivity index (χ2v) is 1.99. The summed E-state index contributed by atoms with van der Waals surface area (Å²) in [6, 6.07) is 0. The second kappa shape index (κ2) is 3.93. The van der Waals surface area contributed by atoms with E-state index < -0.39 is 0 Å². The summed E-state index contributed by atoms with van der Waals surface area (Å²) in [7, 11) is 0. The molecule has 1 N–H and O–H groups in total. The molecule has 0 aromatic rings. The third-order valence-electron chi connectivity index (χ3n) is 1.43. The van der Waals surface area contributed by atoms with E-state index in [-0.39, 0.29) is 12.4 Å². The molecule has 1 rings (SSSR count). The van der Waals surface area contributed by atoms with Gasteiger partial charge >= 0.3 is 0 Å². The van der Waals surface area contributed by atoms with Gasteiger partial charge < -0.3 is 5.32 Å². The monoisotopic (exact) mass is 133 g/mol. The molecule has 0 aromatic carbocycles. The van der Waals surface area contributed by atoms with Crippen molar-refractivity contribution in [2.45, 2.75) is 6.42 Å². The lowest BCUT2D eigenvalue weighted by atomic mass is 10.1. The molecular weight excluding hydrogens is 122 g/mol. The fourth-order valence-corrected chi connectivity index (χ4v) is 0.878. The third-order valence-corrected chi connectivity index (χ3v) is 1.43. The van der Waals surface area contributed by atoms with Crippen LogP contribution in [0, 0.1) is 5.92 Å². The van der Waals surface area contributed by atoms with Crippen molar-refractivity contribution >= 4 is 12.4 Å². The molecule has 0 radical (unpaired) electrons. The summed E-state index contributed by atoms with van der Waals surface area (Å²) < 4.78 is 0. The van der Waals surface area contributed by atoms with E-state index in [9.17, 15) is 0 Å². The molecule has 48 valence electrons. The van der Waals surface area contributed by atoms with Gasteiger partial charge in [-0.3, -0.25) is 0 Å². The Kier molecular flexibility index (Phi) is 3.92. The minimum Gasteiger partial charge on any atom is -0.316 e. The highest BCUT2D eigenvalue weighted by molar-refractivity contribution is 5.85. The van der Waals surface area contributed by atoms with E-state index in [2.05, 4.69) is 11.9 Å². The Morgan fingerprint density at radius 3 is 2.62 bits per heavy atom. The first-order valence-corrected chi connectivity index (χ1v) is 2.77. The molecule has 8 heavy (non-hydrogen) atoms. The van der Waals surface area contributed by atoms with Crippen molar-refractivity contribution in [3.8, 4) is 0 Å². The summed E-state index contributed by atoms with van der Waals surface area (Å²) in [5, 5.41) is 3.25. The molecule has 1 heterocycles. The number of nitrogens with one attached hydrogen (secondary N) is 1. The molecular formula is C6H12ClN. The van der Waals surface area contributed by atoms with Gasteiger partial charge in [0.25, 0.3) is 0 Å². The van der Waals surface area contributed by atoms with Gasteiger partial charge in [-0.1, -0.05) is 6.08 Å². The first-order chi connectivity index (χ1) is 3.43. The predicted octanol–water partition coefficient (Wildman–Crippen LogP) is 1.20. The van der Waals surface area contributed by atoms with Crippen LogP contribution in [0.3, 0.4) is 0 Å². The van der Waals surface area contributed by atoms with E-state index in [0.29, 0.717) is 0 Å². The van der Waals surface area contributed by atoms with Gasteiger partial charge in [-0.2, -0.15) is 0 Å². The van der Waals surface area contributed by atoms with Crippen LogP contribution in [0.25, 0.3) is 0 Å². The third kappa shape index (κ3) is 1.85. The Morgan fingerprint density at radius 1 is 1.62 bits per heavy atom. The van der Waals surface area contributed by atoms with E-state index >= 15 is 0 Å². The summed E-state index contributed by atoms with van der Waals surface area (Å²) in [6.07, 6.45) is 3.31. The molecule has 1 atom stereocenters. The van der Waals surface area contributed by atoms with Crippen LogP contribution in [0.4, 0.5) is 0 Å². The lowest BCUT2D eigenvalue weighted by Crippen LogP contribution is -2.06. The standard InChI is InChI=1S/C6H11N.ClH/c1-2-6-3-4-7-5-6;/h2,6-7H,1,3-5H2;1H/t6-;/m0./s1. The highest BCUT2D eigenvalue weighted by atomic mass is 35.5. The predicted molar refractivity (Wildman–Crippen MR) is 38.4 cm³/mol. The first kappa shape index (κ1) is 7.99. The maximum atomic E-state index is 3.70. The van der Waals surface area contributed by atoms with Crippen molar-refractivity contribution in [1.29, 1.82) is 0 Å². The summed E-state index contributed by atoms with van der Waals surface area (Å²) >= 11 is 0. The number of hydrogen-bond acceptors (Lipinski definition) is 1. The summed E-state index contributed by atoms with van der Waals surface area (Å²) in [5.74, 6) is 0.750. The maximum absolute atomic E-state index is 3.70. The first-order valence-electron chi connectivity index (χ1n) is 2.77. The summed E-state index contributed by atoms with van der Waals surface area (Å²) in [5.41, 5.74) is 0. The van der Waals surface area contributed by atoms with Gasteiger partial charge in [0, 0.05) is 6.54 Å². The Hall–Kier alpha value is -0.0100. The lowest BCUT2D eigenvalue weighted by molar-refractivity contribution is 0.730. The van der Waals surface area contributed by atoms with Crippen LogP contribution in [0.15, 0.2) is 12.7 Å². The Balaban J connectivity index is 0.000000490. The summed E-state index contributed by atoms with van der Waals surface area (Å²) in [6.45, 7) is 6.02. The van der Waals surface area contributed by atoms with Gasteiger partial charge in [0.2, 0.25) is 0 Å². The fourth-order valence-electron chi connectivity index (χ4n) is 0.878. The van der Waals surface area contributed by atoms with Crippen molar-refractivity contribution in [1.82, 2.24) is 5.32 Å². The Bertz CT molecular complexity index is 66.9. The van der Waals surface area contributed by atoms with E-state index in [4.69, 9.17) is 0 Å². The quantitative estimate of drug-likeness (QED) is 0.531. The average molecular weight is 134 g/mol. The van der Waals surface area contributed by atoms with Crippen molar-refractivity contribution in [3.05, 3.63) is 12.7 Å². The highest BCUT2D eigenvalue weighted by Crippen LogP contribution is 2.06. The molecule has 0 bridgehead atoms. The zero-order valence-electron chi connectivity index (χ0n) is 4.89. The lowest BCUT2D eigenvalue weighted by Gasteiger charge is -1.93. The number of halogens is 1. The molecule has 0 unspecified atom stereocenters.